The summed E-state index contributed by atoms with van der Waals surface area (Å²) in [5.74, 6) is 0.444. The van der Waals surface area contributed by atoms with E-state index in [2.05, 4.69) is 20.7 Å². The zero-order valence-electron chi connectivity index (χ0n) is 15.1. The molecule has 1 atom stereocenters. The number of methoxy groups -OCH3 is 1. The molecular weight excluding hydrogens is 417 g/mol. The fourth-order valence-corrected chi connectivity index (χ4v) is 3.28. The van der Waals surface area contributed by atoms with E-state index in [1.165, 1.54) is 11.8 Å². The molecule has 0 spiro atoms. The summed E-state index contributed by atoms with van der Waals surface area (Å²) in [7, 11) is 1.49. The minimum atomic E-state index is -0.816. The molecule has 2 N–H and O–H groups in total. The molecule has 0 saturated carbocycles. The number of carbonyl (C=O) groups is 2. The summed E-state index contributed by atoms with van der Waals surface area (Å²) in [6.45, 7) is 0. The van der Waals surface area contributed by atoms with Crippen molar-refractivity contribution in [1.29, 1.82) is 0 Å². The lowest BCUT2D eigenvalue weighted by Crippen LogP contribution is -2.24. The van der Waals surface area contributed by atoms with E-state index in [1.54, 1.807) is 42.5 Å². The number of hydrogen-bond acceptors (Lipinski definition) is 5. The van der Waals surface area contributed by atoms with Gasteiger partial charge in [-0.05, 0) is 42.5 Å². The van der Waals surface area contributed by atoms with Gasteiger partial charge in [0.25, 0.3) is 5.91 Å². The Labute approximate surface area is 175 Å². The van der Waals surface area contributed by atoms with Gasteiger partial charge in [0.2, 0.25) is 11.9 Å². The van der Waals surface area contributed by atoms with Crippen molar-refractivity contribution in [3.05, 3.63) is 52.5 Å². The highest BCUT2D eigenvalue weighted by atomic mass is 35.5. The second-order valence-corrected chi connectivity index (χ2v) is 7.19. The first-order valence-electron chi connectivity index (χ1n) is 8.61. The Morgan fingerprint density at radius 2 is 1.93 bits per heavy atom. The van der Waals surface area contributed by atoms with E-state index in [4.69, 9.17) is 27.9 Å². The van der Waals surface area contributed by atoms with Crippen LogP contribution in [0.4, 0.5) is 11.6 Å². The minimum absolute atomic E-state index is 0.127. The van der Waals surface area contributed by atoms with Gasteiger partial charge in [0, 0.05) is 15.6 Å². The van der Waals surface area contributed by atoms with E-state index in [9.17, 15) is 9.59 Å². The van der Waals surface area contributed by atoms with Crippen LogP contribution in [0.15, 0.2) is 42.5 Å². The number of nitrogens with zero attached hydrogens (tertiary/aromatic N) is 3. The van der Waals surface area contributed by atoms with Gasteiger partial charge in [-0.1, -0.05) is 23.2 Å². The molecule has 29 heavy (non-hydrogen) atoms. The van der Waals surface area contributed by atoms with E-state index in [0.29, 0.717) is 27.3 Å². The van der Waals surface area contributed by atoms with Gasteiger partial charge in [-0.25, -0.2) is 4.68 Å². The fraction of sp³-hybridized carbons (Fsp3) is 0.158. The normalized spacial score (nSPS) is 15.0. The Kier molecular flexibility index (Phi) is 5.12. The number of nitrogens with one attached hydrogen (secondary N) is 2. The van der Waals surface area contributed by atoms with Crippen molar-refractivity contribution in [3.8, 4) is 17.1 Å². The monoisotopic (exact) mass is 431 g/mol. The molecule has 148 valence electrons. The van der Waals surface area contributed by atoms with E-state index < -0.39 is 6.04 Å². The quantitative estimate of drug-likeness (QED) is 0.640. The number of aromatic nitrogens is 3. The molecule has 3 aromatic rings. The van der Waals surface area contributed by atoms with E-state index >= 15 is 0 Å². The highest BCUT2D eigenvalue weighted by Gasteiger charge is 2.35. The second-order valence-electron chi connectivity index (χ2n) is 6.31. The summed E-state index contributed by atoms with van der Waals surface area (Å²) in [6.07, 6.45) is -0.127. The summed E-state index contributed by atoms with van der Waals surface area (Å²) in [4.78, 5) is 29.2. The SMILES string of the molecule is COc1ccc(Cl)cc1NC(=O)C[C@@H]1C(=O)Nc2nc(-c3ccc(Cl)cc3)nn21. The number of fused-ring (bicyclic) bond motifs is 1. The number of ether oxygens (including phenoxy) is 1. The summed E-state index contributed by atoms with van der Waals surface area (Å²) >= 11 is 11.9. The van der Waals surface area contributed by atoms with Crippen molar-refractivity contribution in [1.82, 2.24) is 14.8 Å². The molecule has 0 unspecified atom stereocenters. The molecule has 1 aromatic heterocycles. The molecular formula is C19H15Cl2N5O3. The number of hydrogen-bond donors (Lipinski definition) is 2. The first kappa shape index (κ1) is 19.2. The van der Waals surface area contributed by atoms with E-state index in [0.717, 1.165) is 5.56 Å². The van der Waals surface area contributed by atoms with Crippen LogP contribution in [-0.4, -0.2) is 33.7 Å². The number of carbonyl (C=O) groups excluding carboxylic acids is 2. The lowest BCUT2D eigenvalue weighted by Gasteiger charge is -2.12. The third-order valence-electron chi connectivity index (χ3n) is 4.38. The van der Waals surface area contributed by atoms with Crippen molar-refractivity contribution >= 4 is 46.7 Å². The van der Waals surface area contributed by atoms with Crippen LogP contribution in [0.1, 0.15) is 12.5 Å². The predicted molar refractivity (Wildman–Crippen MR) is 109 cm³/mol. The summed E-state index contributed by atoms with van der Waals surface area (Å²) < 4.78 is 6.64. The third-order valence-corrected chi connectivity index (χ3v) is 4.87. The van der Waals surface area contributed by atoms with Crippen molar-refractivity contribution in [2.45, 2.75) is 12.5 Å². The number of rotatable bonds is 5. The Morgan fingerprint density at radius 3 is 2.66 bits per heavy atom. The maximum atomic E-state index is 12.6. The standard InChI is InChI=1S/C19H15Cl2N5O3/c1-29-15-7-6-12(21)8-13(15)22-16(27)9-14-18(28)24-19-23-17(25-26(14)19)10-2-4-11(20)5-3-10/h2-8,14H,9H2,1H3,(H,22,27)(H,23,24,25,28)/t14-/m1/s1. The molecule has 0 saturated heterocycles. The average Bonchev–Trinajstić information content (AvgIpc) is 3.21. The fourth-order valence-electron chi connectivity index (χ4n) is 2.99. The van der Waals surface area contributed by atoms with Gasteiger partial charge in [-0.3, -0.25) is 14.9 Å². The summed E-state index contributed by atoms with van der Waals surface area (Å²) in [5.41, 5.74) is 1.17. The van der Waals surface area contributed by atoms with Gasteiger partial charge in [-0.2, -0.15) is 4.98 Å². The van der Waals surface area contributed by atoms with Crippen molar-refractivity contribution in [3.63, 3.8) is 0 Å². The number of benzene rings is 2. The molecule has 0 radical (unpaired) electrons. The molecule has 1 aliphatic rings. The molecule has 4 rings (SSSR count). The number of halogens is 2. The first-order valence-corrected chi connectivity index (χ1v) is 9.37. The molecule has 0 fully saturated rings. The molecule has 10 heteroatoms. The number of anilines is 2. The first-order chi connectivity index (χ1) is 13.9. The van der Waals surface area contributed by atoms with Crippen molar-refractivity contribution in [2.24, 2.45) is 0 Å². The third kappa shape index (κ3) is 3.90. The lowest BCUT2D eigenvalue weighted by molar-refractivity contribution is -0.123. The van der Waals surface area contributed by atoms with Gasteiger partial charge in [0.05, 0.1) is 19.2 Å². The van der Waals surface area contributed by atoms with Crippen molar-refractivity contribution < 1.29 is 14.3 Å². The molecule has 0 bridgehead atoms. The van der Waals surface area contributed by atoms with Crippen molar-refractivity contribution in [2.75, 3.05) is 17.7 Å². The topological polar surface area (TPSA) is 98.1 Å². The van der Waals surface area contributed by atoms with Crippen LogP contribution in [0, 0.1) is 0 Å². The maximum absolute atomic E-state index is 12.6. The largest absolute Gasteiger partial charge is 0.495 e. The van der Waals surface area contributed by atoms with Crippen LogP contribution in [0.3, 0.4) is 0 Å². The van der Waals surface area contributed by atoms with Crippen LogP contribution in [0.5, 0.6) is 5.75 Å². The predicted octanol–water partition coefficient (Wildman–Crippen LogP) is 3.78. The van der Waals surface area contributed by atoms with Crippen LogP contribution in [0.25, 0.3) is 11.4 Å². The molecule has 2 aromatic carbocycles. The summed E-state index contributed by atoms with van der Waals surface area (Å²) in [6, 6.07) is 11.1. The van der Waals surface area contributed by atoms with Crippen LogP contribution < -0.4 is 15.4 Å². The van der Waals surface area contributed by atoms with Crippen LogP contribution in [-0.2, 0) is 9.59 Å². The molecule has 1 aliphatic heterocycles. The Hall–Kier alpha value is -3.10. The van der Waals surface area contributed by atoms with Gasteiger partial charge in [0.1, 0.15) is 11.8 Å². The van der Waals surface area contributed by atoms with Gasteiger partial charge >= 0.3 is 0 Å². The second kappa shape index (κ2) is 7.73. The maximum Gasteiger partial charge on any atom is 0.252 e. The van der Waals surface area contributed by atoms with Gasteiger partial charge in [0.15, 0.2) is 5.82 Å². The average molecular weight is 432 g/mol. The zero-order chi connectivity index (χ0) is 20.5. The molecule has 2 heterocycles. The molecule has 0 aliphatic carbocycles. The van der Waals surface area contributed by atoms with E-state index in [1.807, 2.05) is 0 Å². The Bertz CT molecular complexity index is 1100. The van der Waals surface area contributed by atoms with Gasteiger partial charge in [-0.15, -0.1) is 5.10 Å². The number of amides is 2. The smallest absolute Gasteiger partial charge is 0.252 e. The van der Waals surface area contributed by atoms with E-state index in [-0.39, 0.29) is 24.2 Å². The minimum Gasteiger partial charge on any atom is -0.495 e. The van der Waals surface area contributed by atoms with Crippen LogP contribution >= 0.6 is 23.2 Å². The zero-order valence-corrected chi connectivity index (χ0v) is 16.7. The molecule has 2 amide bonds. The Balaban J connectivity index is 1.53. The summed E-state index contributed by atoms with van der Waals surface area (Å²) in [5, 5.41) is 10.8. The van der Waals surface area contributed by atoms with Crippen LogP contribution in [0.2, 0.25) is 10.0 Å². The highest BCUT2D eigenvalue weighted by Crippen LogP contribution is 2.31. The highest BCUT2D eigenvalue weighted by molar-refractivity contribution is 6.31. The Morgan fingerprint density at radius 1 is 1.21 bits per heavy atom. The van der Waals surface area contributed by atoms with Gasteiger partial charge < -0.3 is 10.1 Å². The molecule has 8 nitrogen and oxygen atoms in total. The lowest BCUT2D eigenvalue weighted by atomic mass is 10.2.